The lowest BCUT2D eigenvalue weighted by Crippen LogP contribution is -2.53. The van der Waals surface area contributed by atoms with Gasteiger partial charge in [0, 0.05) is 23.1 Å². The molecule has 0 aromatic heterocycles. The second-order valence-electron chi connectivity index (χ2n) is 16.8. The summed E-state index contributed by atoms with van der Waals surface area (Å²) in [5.74, 6) is 0.792. The van der Waals surface area contributed by atoms with Crippen LogP contribution in [0.1, 0.15) is 96.5 Å². The van der Waals surface area contributed by atoms with Crippen LogP contribution < -0.4 is 9.47 Å². The Bertz CT molecular complexity index is 2270. The van der Waals surface area contributed by atoms with E-state index in [2.05, 4.69) is 44.2 Å². The number of methoxy groups -OCH3 is 2. The fourth-order valence-electron chi connectivity index (χ4n) is 9.43. The van der Waals surface area contributed by atoms with Crippen LogP contribution in [-0.4, -0.2) is 59.3 Å². The van der Waals surface area contributed by atoms with Crippen molar-refractivity contribution in [3.8, 4) is 22.6 Å². The third-order valence-corrected chi connectivity index (χ3v) is 13.0. The number of hydrogen-bond donors (Lipinski definition) is 2. The van der Waals surface area contributed by atoms with E-state index < -0.39 is 17.1 Å². The second kappa shape index (κ2) is 18.2. The van der Waals surface area contributed by atoms with Crippen LogP contribution in [0.4, 0.5) is 0 Å². The average Bonchev–Trinajstić information content (AvgIpc) is 3.51. The van der Waals surface area contributed by atoms with Crippen molar-refractivity contribution in [1.82, 2.24) is 4.90 Å². The van der Waals surface area contributed by atoms with Gasteiger partial charge in [0.2, 0.25) is 5.91 Å². The molecule has 7 nitrogen and oxygen atoms in total. The molecule has 306 valence electrons. The van der Waals surface area contributed by atoms with Gasteiger partial charge >= 0.3 is 0 Å². The van der Waals surface area contributed by atoms with Gasteiger partial charge in [-0.1, -0.05) is 122 Å². The Morgan fingerprint density at radius 1 is 0.780 bits per heavy atom. The molecule has 7 heteroatoms. The fraction of sp³-hybridized carbons (Fsp3) is 0.346. The predicted octanol–water partition coefficient (Wildman–Crippen LogP) is 9.91. The number of nitrogens with zero attached hydrogens (tertiary/aromatic N) is 1. The Kier molecular flexibility index (Phi) is 12.8. The zero-order valence-corrected chi connectivity index (χ0v) is 34.8. The van der Waals surface area contributed by atoms with E-state index in [1.807, 2.05) is 102 Å². The lowest BCUT2D eigenvalue weighted by atomic mass is 9.64. The lowest BCUT2D eigenvalue weighted by Gasteiger charge is -2.46. The van der Waals surface area contributed by atoms with E-state index in [1.165, 1.54) is 5.57 Å². The molecular formula is C52H57NO6. The minimum atomic E-state index is -1.27. The van der Waals surface area contributed by atoms with Crippen molar-refractivity contribution >= 4 is 11.7 Å². The van der Waals surface area contributed by atoms with Crippen molar-refractivity contribution in [1.29, 1.82) is 0 Å². The van der Waals surface area contributed by atoms with Gasteiger partial charge in [0.05, 0.1) is 38.9 Å². The van der Waals surface area contributed by atoms with Gasteiger partial charge in [-0.05, 0) is 109 Å². The minimum Gasteiger partial charge on any atom is -0.493 e. The first kappa shape index (κ1) is 41.7. The Balaban J connectivity index is 1.27. The quantitative estimate of drug-likeness (QED) is 0.102. The van der Waals surface area contributed by atoms with Crippen LogP contribution in [0, 0.1) is 5.41 Å². The molecule has 0 radical (unpaired) electrons. The Labute approximate surface area is 349 Å². The van der Waals surface area contributed by atoms with Crippen LogP contribution >= 0.6 is 0 Å². The zero-order valence-electron chi connectivity index (χ0n) is 34.8. The van der Waals surface area contributed by atoms with Gasteiger partial charge in [0.25, 0.3) is 0 Å². The number of carbonyl (C=O) groups excluding carboxylic acids is 2. The van der Waals surface area contributed by atoms with Crippen LogP contribution in [0.2, 0.25) is 0 Å². The summed E-state index contributed by atoms with van der Waals surface area (Å²) < 4.78 is 11.0. The number of aliphatic hydroxyl groups excluding tert-OH is 1. The first-order valence-electron chi connectivity index (χ1n) is 20.9. The number of rotatable bonds is 11. The highest BCUT2D eigenvalue weighted by molar-refractivity contribution is 6.10. The molecule has 0 saturated heterocycles. The van der Waals surface area contributed by atoms with Gasteiger partial charge in [-0.15, -0.1) is 0 Å². The molecule has 2 N–H and O–H groups in total. The Morgan fingerprint density at radius 2 is 1.47 bits per heavy atom. The molecule has 1 amide bonds. The Morgan fingerprint density at radius 3 is 2.19 bits per heavy atom. The molecule has 5 aromatic rings. The van der Waals surface area contributed by atoms with Gasteiger partial charge in [0.15, 0.2) is 17.3 Å². The van der Waals surface area contributed by atoms with Crippen molar-refractivity contribution in [2.75, 3.05) is 20.8 Å². The number of benzene rings is 5. The summed E-state index contributed by atoms with van der Waals surface area (Å²) >= 11 is 0. The topological polar surface area (TPSA) is 96.3 Å². The summed E-state index contributed by atoms with van der Waals surface area (Å²) in [6.45, 7) is 4.76. The monoisotopic (exact) mass is 791 g/mol. The molecule has 4 atom stereocenters. The average molecular weight is 792 g/mol. The highest BCUT2D eigenvalue weighted by Gasteiger charge is 2.57. The van der Waals surface area contributed by atoms with Crippen molar-refractivity contribution in [3.63, 3.8) is 0 Å². The van der Waals surface area contributed by atoms with Gasteiger partial charge < -0.3 is 24.6 Å². The van der Waals surface area contributed by atoms with E-state index in [-0.39, 0.29) is 30.6 Å². The molecule has 2 bridgehead atoms. The molecule has 5 aromatic carbocycles. The van der Waals surface area contributed by atoms with Gasteiger partial charge in [-0.3, -0.25) is 9.59 Å². The standard InChI is InChI=1S/C52H57NO6/c1-36-12-11-28-51(2)46(27-29-52(51,57)35-53(34-37-13-7-5-8-14-37)49(55)33-39-19-26-47(58-3)48(32-39)59-4)44-25-18-38(30-43(54)24-17-36)31-45(44)50(56)42-22-20-41(21-23-42)40-15-9-6-10-16-40/h5-10,12-16,18-23,25-26,31-32,43,46,54,57H,11,17,24,27-30,33-35H2,1-4H3. The van der Waals surface area contributed by atoms with Crippen molar-refractivity contribution in [2.24, 2.45) is 5.41 Å². The van der Waals surface area contributed by atoms with Gasteiger partial charge in [-0.25, -0.2) is 0 Å². The van der Waals surface area contributed by atoms with E-state index in [0.717, 1.165) is 46.2 Å². The number of ketones is 1. The summed E-state index contributed by atoms with van der Waals surface area (Å²) in [4.78, 5) is 31.1. The maximum atomic E-state index is 14.7. The third kappa shape index (κ3) is 9.22. The molecule has 3 aliphatic carbocycles. The van der Waals surface area contributed by atoms with Crippen LogP contribution in [0.5, 0.6) is 11.5 Å². The van der Waals surface area contributed by atoms with E-state index in [9.17, 15) is 19.8 Å². The van der Waals surface area contributed by atoms with Crippen LogP contribution in [0.3, 0.4) is 0 Å². The molecule has 0 heterocycles. The molecule has 59 heavy (non-hydrogen) atoms. The van der Waals surface area contributed by atoms with Crippen molar-refractivity contribution < 1.29 is 29.3 Å². The first-order valence-corrected chi connectivity index (χ1v) is 20.9. The minimum absolute atomic E-state index is 0.0765. The van der Waals surface area contributed by atoms with Crippen LogP contribution in [-0.2, 0) is 24.2 Å². The third-order valence-electron chi connectivity index (χ3n) is 13.0. The van der Waals surface area contributed by atoms with E-state index in [0.29, 0.717) is 61.3 Å². The second-order valence-corrected chi connectivity index (χ2v) is 16.8. The molecular weight excluding hydrogens is 735 g/mol. The van der Waals surface area contributed by atoms with Crippen LogP contribution in [0.15, 0.2) is 133 Å². The zero-order chi connectivity index (χ0) is 41.6. The summed E-state index contributed by atoms with van der Waals surface area (Å²) in [7, 11) is 3.17. The lowest BCUT2D eigenvalue weighted by molar-refractivity contribution is -0.140. The number of hydrogen-bond acceptors (Lipinski definition) is 6. The van der Waals surface area contributed by atoms with E-state index in [1.54, 1.807) is 14.2 Å². The number of fused-ring (bicyclic) bond motifs is 8. The molecule has 4 unspecified atom stereocenters. The smallest absolute Gasteiger partial charge is 0.227 e. The number of allylic oxidation sites excluding steroid dienone is 2. The molecule has 8 rings (SSSR count). The largest absolute Gasteiger partial charge is 0.493 e. The summed E-state index contributed by atoms with van der Waals surface area (Å²) in [6.07, 6.45) is 6.15. The molecule has 1 saturated carbocycles. The van der Waals surface area contributed by atoms with Crippen molar-refractivity contribution in [2.45, 2.75) is 89.4 Å². The summed E-state index contributed by atoms with van der Waals surface area (Å²) in [5, 5.41) is 24.3. The molecule has 0 aliphatic heterocycles. The maximum Gasteiger partial charge on any atom is 0.227 e. The van der Waals surface area contributed by atoms with Crippen LogP contribution in [0.25, 0.3) is 11.1 Å². The molecule has 0 spiro atoms. The number of aliphatic hydroxyl groups is 2. The van der Waals surface area contributed by atoms with E-state index in [4.69, 9.17) is 9.47 Å². The number of amides is 1. The molecule has 1 fully saturated rings. The predicted molar refractivity (Wildman–Crippen MR) is 234 cm³/mol. The first-order chi connectivity index (χ1) is 28.5. The summed E-state index contributed by atoms with van der Waals surface area (Å²) in [6, 6.07) is 39.5. The maximum absolute atomic E-state index is 14.7. The SMILES string of the molecule is COc1ccc(CC(=O)N(Cc2ccccc2)CC2(O)CCC3c4ccc(cc4C(=O)c4ccc(-c5ccccc5)cc4)CC(O)CCC(C)=CCCC32C)cc1OC. The number of carbonyl (C=O) groups is 2. The summed E-state index contributed by atoms with van der Waals surface area (Å²) in [5.41, 5.74) is 6.13. The highest BCUT2D eigenvalue weighted by atomic mass is 16.5. The number of ether oxygens (including phenoxy) is 2. The normalized spacial score (nSPS) is 21.8. The Hall–Kier alpha value is -5.50. The van der Waals surface area contributed by atoms with E-state index >= 15 is 0 Å². The fourth-order valence-corrected chi connectivity index (χ4v) is 9.43. The van der Waals surface area contributed by atoms with Gasteiger partial charge in [-0.2, -0.15) is 0 Å². The van der Waals surface area contributed by atoms with Crippen molar-refractivity contribution in [3.05, 3.63) is 166 Å². The highest BCUT2D eigenvalue weighted by Crippen LogP contribution is 2.59. The van der Waals surface area contributed by atoms with Gasteiger partial charge in [0.1, 0.15) is 0 Å². The molecule has 3 aliphatic rings.